The molecule has 2 aromatic carbocycles. The molecule has 0 aliphatic rings. The zero-order valence-electron chi connectivity index (χ0n) is 17.7. The van der Waals surface area contributed by atoms with Gasteiger partial charge in [-0.2, -0.15) is 0 Å². The molecule has 176 valence electrons. The summed E-state index contributed by atoms with van der Waals surface area (Å²) >= 11 is 0. The van der Waals surface area contributed by atoms with Crippen LogP contribution >= 0.6 is 0 Å². The number of ether oxygens (including phenoxy) is 3. The average Bonchev–Trinajstić information content (AvgIpc) is 2.80. The van der Waals surface area contributed by atoms with Gasteiger partial charge in [0.05, 0.1) is 26.2 Å². The van der Waals surface area contributed by atoms with Crippen LogP contribution in [0.25, 0.3) is 0 Å². The van der Waals surface area contributed by atoms with Crippen molar-refractivity contribution in [3.63, 3.8) is 0 Å². The van der Waals surface area contributed by atoms with E-state index >= 15 is 0 Å². The predicted molar refractivity (Wildman–Crippen MR) is 109 cm³/mol. The van der Waals surface area contributed by atoms with Crippen LogP contribution in [0.5, 0.6) is 11.5 Å². The fraction of sp³-hybridized carbons (Fsp3) is 0.238. The molecular weight excluding hydrogens is 444 g/mol. The molecule has 2 rings (SSSR count). The number of nitrogens with one attached hydrogen (secondary N) is 3. The van der Waals surface area contributed by atoms with Crippen LogP contribution in [0.1, 0.15) is 27.1 Å². The van der Waals surface area contributed by atoms with Crippen LogP contribution < -0.4 is 25.6 Å². The zero-order chi connectivity index (χ0) is 24.4. The summed E-state index contributed by atoms with van der Waals surface area (Å²) in [4.78, 5) is 47.4. The maximum absolute atomic E-state index is 13.5. The first kappa shape index (κ1) is 25.0. The first-order valence-electron chi connectivity index (χ1n) is 9.45. The second-order valence-corrected chi connectivity index (χ2v) is 6.36. The molecule has 0 heterocycles. The molecule has 2 aromatic rings. The molecule has 0 aromatic heterocycles. The second kappa shape index (κ2) is 12.0. The number of halogens is 2. The minimum Gasteiger partial charge on any atom is -0.493 e. The van der Waals surface area contributed by atoms with Crippen molar-refractivity contribution in [1.82, 2.24) is 16.2 Å². The van der Waals surface area contributed by atoms with Gasteiger partial charge in [-0.05, 0) is 30.3 Å². The van der Waals surface area contributed by atoms with E-state index in [1.807, 2.05) is 0 Å². The normalized spacial score (nSPS) is 10.1. The summed E-state index contributed by atoms with van der Waals surface area (Å²) in [6.07, 6.45) is -0.306. The Balaban J connectivity index is 1.70. The Morgan fingerprint density at radius 3 is 2.27 bits per heavy atom. The Morgan fingerprint density at radius 2 is 1.61 bits per heavy atom. The standard InChI is InChI=1S/C21H21F2N3O7/c1-31-16-6-3-12(9-17(16)32-2)20(29)26-25-18(27)11-33-19(28)7-8-24-21(30)14-5-4-13(22)10-15(14)23/h3-6,9-10H,7-8,11H2,1-2H3,(H,24,30)(H,25,27)(H,26,29). The summed E-state index contributed by atoms with van der Waals surface area (Å²) in [7, 11) is 2.85. The van der Waals surface area contributed by atoms with Gasteiger partial charge in [0.15, 0.2) is 18.1 Å². The molecule has 0 radical (unpaired) electrons. The topological polar surface area (TPSA) is 132 Å². The molecule has 0 saturated heterocycles. The third kappa shape index (κ3) is 7.45. The molecule has 10 nitrogen and oxygen atoms in total. The summed E-state index contributed by atoms with van der Waals surface area (Å²) in [5, 5.41) is 2.27. The highest BCUT2D eigenvalue weighted by Gasteiger charge is 2.15. The molecule has 0 saturated carbocycles. The molecule has 0 fully saturated rings. The summed E-state index contributed by atoms with van der Waals surface area (Å²) in [6.45, 7) is -0.891. The lowest BCUT2D eigenvalue weighted by molar-refractivity contribution is -0.148. The van der Waals surface area contributed by atoms with E-state index in [0.29, 0.717) is 17.6 Å². The van der Waals surface area contributed by atoms with Crippen molar-refractivity contribution >= 4 is 23.7 Å². The van der Waals surface area contributed by atoms with Gasteiger partial charge in [-0.25, -0.2) is 8.78 Å². The van der Waals surface area contributed by atoms with Gasteiger partial charge >= 0.3 is 5.97 Å². The Labute approximate surface area is 187 Å². The van der Waals surface area contributed by atoms with Crippen LogP contribution in [0.3, 0.4) is 0 Å². The summed E-state index contributed by atoms with van der Waals surface area (Å²) in [6, 6.07) is 6.83. The fourth-order valence-electron chi connectivity index (χ4n) is 2.48. The highest BCUT2D eigenvalue weighted by Crippen LogP contribution is 2.27. The lowest BCUT2D eigenvalue weighted by atomic mass is 10.2. The molecule has 0 aliphatic heterocycles. The average molecular weight is 465 g/mol. The highest BCUT2D eigenvalue weighted by atomic mass is 19.1. The smallest absolute Gasteiger partial charge is 0.308 e. The minimum absolute atomic E-state index is 0.179. The molecule has 3 N–H and O–H groups in total. The fourth-order valence-corrected chi connectivity index (χ4v) is 2.48. The number of methoxy groups -OCH3 is 2. The number of carbonyl (C=O) groups is 4. The molecule has 0 aliphatic carbocycles. The van der Waals surface area contributed by atoms with Gasteiger partial charge in [0.1, 0.15) is 11.6 Å². The molecule has 3 amide bonds. The summed E-state index contributed by atoms with van der Waals surface area (Å²) in [5.74, 6) is -4.25. The van der Waals surface area contributed by atoms with E-state index in [2.05, 4.69) is 16.2 Å². The van der Waals surface area contributed by atoms with E-state index in [-0.39, 0.29) is 24.1 Å². The molecule has 0 unspecified atom stereocenters. The van der Waals surface area contributed by atoms with Gasteiger partial charge in [-0.3, -0.25) is 30.0 Å². The van der Waals surface area contributed by atoms with E-state index in [1.165, 1.54) is 32.4 Å². The quantitative estimate of drug-likeness (QED) is 0.373. The van der Waals surface area contributed by atoms with Crippen molar-refractivity contribution in [3.8, 4) is 11.5 Å². The largest absolute Gasteiger partial charge is 0.493 e. The van der Waals surface area contributed by atoms with Gasteiger partial charge in [0.25, 0.3) is 17.7 Å². The van der Waals surface area contributed by atoms with Crippen LogP contribution in [0.15, 0.2) is 36.4 Å². The maximum Gasteiger partial charge on any atom is 0.308 e. The summed E-state index contributed by atoms with van der Waals surface area (Å²) < 4.78 is 41.3. The van der Waals surface area contributed by atoms with E-state index in [4.69, 9.17) is 14.2 Å². The third-order valence-corrected chi connectivity index (χ3v) is 4.12. The first-order chi connectivity index (χ1) is 15.7. The Bertz CT molecular complexity index is 1050. The molecule has 0 atom stereocenters. The molecule has 33 heavy (non-hydrogen) atoms. The van der Waals surface area contributed by atoms with Crippen LogP contribution in [0.4, 0.5) is 8.78 Å². The highest BCUT2D eigenvalue weighted by molar-refractivity contribution is 5.96. The van der Waals surface area contributed by atoms with Gasteiger partial charge in [0, 0.05) is 18.2 Å². The maximum atomic E-state index is 13.5. The second-order valence-electron chi connectivity index (χ2n) is 6.36. The van der Waals surface area contributed by atoms with E-state index in [0.717, 1.165) is 12.1 Å². The third-order valence-electron chi connectivity index (χ3n) is 4.12. The SMILES string of the molecule is COc1ccc(C(=O)NNC(=O)COC(=O)CCNC(=O)c2ccc(F)cc2F)cc1OC. The molecular formula is C21H21F2N3O7. The van der Waals surface area contributed by atoms with E-state index in [1.54, 1.807) is 0 Å². The Morgan fingerprint density at radius 1 is 0.879 bits per heavy atom. The number of hydrazine groups is 1. The van der Waals surface area contributed by atoms with Crippen molar-refractivity contribution in [2.24, 2.45) is 0 Å². The van der Waals surface area contributed by atoms with Crippen molar-refractivity contribution in [1.29, 1.82) is 0 Å². The van der Waals surface area contributed by atoms with Gasteiger partial charge < -0.3 is 19.5 Å². The number of esters is 1. The number of hydrogen-bond acceptors (Lipinski definition) is 7. The van der Waals surface area contributed by atoms with E-state index in [9.17, 15) is 28.0 Å². The molecule has 0 spiro atoms. The van der Waals surface area contributed by atoms with Crippen molar-refractivity contribution < 1.29 is 42.2 Å². The Hall–Kier alpha value is -4.22. The van der Waals surface area contributed by atoms with Crippen LogP contribution in [-0.2, 0) is 14.3 Å². The van der Waals surface area contributed by atoms with Gasteiger partial charge in [0.2, 0.25) is 0 Å². The van der Waals surface area contributed by atoms with Gasteiger partial charge in [-0.1, -0.05) is 0 Å². The number of carbonyl (C=O) groups excluding carboxylic acids is 4. The lowest BCUT2D eigenvalue weighted by Crippen LogP contribution is -2.43. The zero-order valence-corrected chi connectivity index (χ0v) is 17.7. The molecule has 12 heteroatoms. The van der Waals surface area contributed by atoms with Crippen molar-refractivity contribution in [2.45, 2.75) is 6.42 Å². The van der Waals surface area contributed by atoms with Crippen molar-refractivity contribution in [3.05, 3.63) is 59.2 Å². The lowest BCUT2D eigenvalue weighted by Gasteiger charge is -2.11. The first-order valence-corrected chi connectivity index (χ1v) is 9.45. The number of amides is 3. The van der Waals surface area contributed by atoms with Crippen LogP contribution in [0.2, 0.25) is 0 Å². The minimum atomic E-state index is -1.04. The Kier molecular flexibility index (Phi) is 9.09. The number of benzene rings is 2. The van der Waals surface area contributed by atoms with Crippen LogP contribution in [0, 0.1) is 11.6 Å². The number of hydrogen-bond donors (Lipinski definition) is 3. The molecule has 0 bridgehead atoms. The van der Waals surface area contributed by atoms with Crippen molar-refractivity contribution in [2.75, 3.05) is 27.4 Å². The predicted octanol–water partition coefficient (Wildman–Crippen LogP) is 1.11. The van der Waals surface area contributed by atoms with E-state index < -0.39 is 41.9 Å². The van der Waals surface area contributed by atoms with Crippen LogP contribution in [-0.4, -0.2) is 51.1 Å². The number of rotatable bonds is 9. The summed E-state index contributed by atoms with van der Waals surface area (Å²) in [5.41, 5.74) is 4.03. The van der Waals surface area contributed by atoms with Gasteiger partial charge in [-0.15, -0.1) is 0 Å². The monoisotopic (exact) mass is 465 g/mol.